The zero-order valence-electron chi connectivity index (χ0n) is 4.72. The van der Waals surface area contributed by atoms with Crippen LogP contribution < -0.4 is 5.73 Å². The molecule has 0 bridgehead atoms. The summed E-state index contributed by atoms with van der Waals surface area (Å²) in [7, 11) is 0. The Hall–Kier alpha value is -0.830. The van der Waals surface area contributed by atoms with Crippen LogP contribution in [0.15, 0.2) is 12.4 Å². The van der Waals surface area contributed by atoms with Crippen LogP contribution in [0.2, 0.25) is 0 Å². The van der Waals surface area contributed by atoms with Crippen LogP contribution in [0.4, 0.5) is 0 Å². The fourth-order valence-corrected chi connectivity index (χ4v) is 0.618. The highest BCUT2D eigenvalue weighted by molar-refractivity contribution is 5.01. The maximum Gasteiger partial charge on any atom is 0.0781 e. The van der Waals surface area contributed by atoms with Crippen LogP contribution >= 0.6 is 0 Å². The van der Waals surface area contributed by atoms with Crippen molar-refractivity contribution in [3.63, 3.8) is 0 Å². The van der Waals surface area contributed by atoms with E-state index in [9.17, 15) is 0 Å². The van der Waals surface area contributed by atoms with Crippen LogP contribution in [-0.4, -0.2) is 16.7 Å². The Bertz CT molecular complexity index is 133. The number of quaternary nitrogens is 1. The summed E-state index contributed by atoms with van der Waals surface area (Å²) in [5.41, 5.74) is 4.96. The van der Waals surface area contributed by atoms with Gasteiger partial charge in [0.1, 0.15) is 0 Å². The third-order valence-corrected chi connectivity index (χ3v) is 1.02. The summed E-state index contributed by atoms with van der Waals surface area (Å²) in [4.78, 5) is 0. The maximum atomic E-state index is 3.79. The van der Waals surface area contributed by atoms with Crippen LogP contribution in [0.3, 0.4) is 0 Å². The average molecular weight is 112 g/mol. The minimum absolute atomic E-state index is 0.944. The molecule has 0 atom stereocenters. The van der Waals surface area contributed by atoms with Gasteiger partial charge in [0, 0.05) is 12.6 Å². The first-order valence-corrected chi connectivity index (χ1v) is 2.70. The van der Waals surface area contributed by atoms with Crippen molar-refractivity contribution in [2.24, 2.45) is 0 Å². The van der Waals surface area contributed by atoms with Crippen molar-refractivity contribution in [2.75, 3.05) is 6.54 Å². The minimum atomic E-state index is 0.944. The average Bonchev–Trinajstić information content (AvgIpc) is 2.19. The van der Waals surface area contributed by atoms with E-state index in [0.29, 0.717) is 0 Å². The third-order valence-electron chi connectivity index (χ3n) is 1.02. The summed E-state index contributed by atoms with van der Waals surface area (Å²) in [5.74, 6) is 0. The SMILES string of the molecule is [NH3+]CCc1cn[nH]c1. The van der Waals surface area contributed by atoms with Crippen LogP contribution in [0, 0.1) is 0 Å². The van der Waals surface area contributed by atoms with Gasteiger partial charge in [0.05, 0.1) is 12.7 Å². The normalized spacial score (nSPS) is 9.62. The van der Waals surface area contributed by atoms with Gasteiger partial charge in [0.15, 0.2) is 0 Å². The van der Waals surface area contributed by atoms with Gasteiger partial charge < -0.3 is 5.73 Å². The van der Waals surface area contributed by atoms with Crippen molar-refractivity contribution in [3.05, 3.63) is 18.0 Å². The van der Waals surface area contributed by atoms with E-state index in [0.717, 1.165) is 13.0 Å². The fraction of sp³-hybridized carbons (Fsp3) is 0.400. The van der Waals surface area contributed by atoms with E-state index >= 15 is 0 Å². The Morgan fingerprint density at radius 1 is 1.75 bits per heavy atom. The van der Waals surface area contributed by atoms with E-state index in [4.69, 9.17) is 0 Å². The molecular weight excluding hydrogens is 102 g/mol. The van der Waals surface area contributed by atoms with Crippen LogP contribution in [-0.2, 0) is 6.42 Å². The first-order valence-electron chi connectivity index (χ1n) is 2.70. The topological polar surface area (TPSA) is 56.3 Å². The van der Waals surface area contributed by atoms with Gasteiger partial charge in [0.2, 0.25) is 0 Å². The van der Waals surface area contributed by atoms with Crippen molar-refractivity contribution in [1.29, 1.82) is 0 Å². The lowest BCUT2D eigenvalue weighted by atomic mass is 10.3. The van der Waals surface area contributed by atoms with Gasteiger partial charge in [0.25, 0.3) is 0 Å². The molecule has 3 nitrogen and oxygen atoms in total. The van der Waals surface area contributed by atoms with Crippen molar-refractivity contribution in [2.45, 2.75) is 6.42 Å². The Labute approximate surface area is 47.9 Å². The zero-order valence-corrected chi connectivity index (χ0v) is 4.72. The quantitative estimate of drug-likeness (QED) is 0.516. The van der Waals surface area contributed by atoms with E-state index in [-0.39, 0.29) is 0 Å². The molecule has 0 aromatic carbocycles. The largest absolute Gasteiger partial charge is 0.357 e. The third kappa shape index (κ3) is 1.07. The molecule has 4 N–H and O–H groups in total. The van der Waals surface area contributed by atoms with Gasteiger partial charge in [-0.3, -0.25) is 5.10 Å². The molecule has 44 valence electrons. The Morgan fingerprint density at radius 3 is 3.12 bits per heavy atom. The molecule has 1 aromatic rings. The molecule has 0 saturated carbocycles. The fourth-order valence-electron chi connectivity index (χ4n) is 0.618. The molecule has 0 spiro atoms. The number of H-pyrrole nitrogens is 1. The molecule has 0 fully saturated rings. The Morgan fingerprint density at radius 2 is 2.62 bits per heavy atom. The standard InChI is InChI=1S/C5H9N3/c6-2-1-5-3-7-8-4-5/h3-4H,1-2,6H2,(H,7,8)/p+1. The Balaban J connectivity index is 2.50. The van der Waals surface area contributed by atoms with E-state index in [2.05, 4.69) is 15.9 Å². The molecule has 0 radical (unpaired) electrons. The zero-order chi connectivity index (χ0) is 5.82. The summed E-state index contributed by atoms with van der Waals surface area (Å²) < 4.78 is 0. The molecule has 1 aromatic heterocycles. The molecule has 0 aliphatic heterocycles. The Kier molecular flexibility index (Phi) is 1.64. The van der Waals surface area contributed by atoms with Gasteiger partial charge >= 0.3 is 0 Å². The van der Waals surface area contributed by atoms with Gasteiger partial charge in [-0.25, -0.2) is 0 Å². The van der Waals surface area contributed by atoms with E-state index in [1.807, 2.05) is 12.4 Å². The molecule has 0 saturated heterocycles. The molecule has 0 aliphatic carbocycles. The lowest BCUT2D eigenvalue weighted by Gasteiger charge is -1.82. The van der Waals surface area contributed by atoms with Crippen molar-refractivity contribution < 1.29 is 5.73 Å². The number of hydrogen-bond acceptors (Lipinski definition) is 1. The van der Waals surface area contributed by atoms with E-state index < -0.39 is 0 Å². The number of hydrogen-bond donors (Lipinski definition) is 2. The van der Waals surface area contributed by atoms with E-state index in [1.54, 1.807) is 0 Å². The first kappa shape index (κ1) is 5.31. The summed E-state index contributed by atoms with van der Waals surface area (Å²) in [6, 6.07) is 0. The number of nitrogens with one attached hydrogen (secondary N) is 1. The van der Waals surface area contributed by atoms with E-state index in [1.165, 1.54) is 5.56 Å². The summed E-state index contributed by atoms with van der Waals surface area (Å²) >= 11 is 0. The maximum absolute atomic E-state index is 3.79. The van der Waals surface area contributed by atoms with Crippen LogP contribution in [0.5, 0.6) is 0 Å². The summed E-state index contributed by atoms with van der Waals surface area (Å²) in [6.45, 7) is 0.944. The van der Waals surface area contributed by atoms with Gasteiger partial charge in [-0.15, -0.1) is 0 Å². The highest BCUT2D eigenvalue weighted by Crippen LogP contribution is 1.90. The molecule has 0 amide bonds. The second-order valence-corrected chi connectivity index (χ2v) is 1.71. The lowest BCUT2D eigenvalue weighted by molar-refractivity contribution is -0.366. The highest BCUT2D eigenvalue weighted by atomic mass is 15.1. The molecule has 0 aliphatic rings. The first-order chi connectivity index (χ1) is 3.93. The monoisotopic (exact) mass is 112 g/mol. The van der Waals surface area contributed by atoms with Crippen molar-refractivity contribution >= 4 is 0 Å². The van der Waals surface area contributed by atoms with Gasteiger partial charge in [-0.05, 0) is 5.56 Å². The van der Waals surface area contributed by atoms with Gasteiger partial charge in [-0.1, -0.05) is 0 Å². The predicted octanol–water partition coefficient (Wildman–Crippen LogP) is -0.806. The van der Waals surface area contributed by atoms with Crippen LogP contribution in [0.25, 0.3) is 0 Å². The smallest absolute Gasteiger partial charge is 0.0781 e. The molecule has 0 unspecified atom stereocenters. The molecule has 1 heterocycles. The van der Waals surface area contributed by atoms with Crippen LogP contribution in [0.1, 0.15) is 5.56 Å². The number of nitrogens with zero attached hydrogens (tertiary/aromatic N) is 1. The molecule has 3 heteroatoms. The molecule has 1 rings (SSSR count). The van der Waals surface area contributed by atoms with Crippen molar-refractivity contribution in [3.8, 4) is 0 Å². The summed E-state index contributed by atoms with van der Waals surface area (Å²) in [5, 5.41) is 6.52. The second-order valence-electron chi connectivity index (χ2n) is 1.71. The number of rotatable bonds is 2. The predicted molar refractivity (Wildman–Crippen MR) is 30.0 cm³/mol. The highest BCUT2D eigenvalue weighted by Gasteiger charge is 1.89. The lowest BCUT2D eigenvalue weighted by Crippen LogP contribution is -2.51. The summed E-state index contributed by atoms with van der Waals surface area (Å²) in [6.07, 6.45) is 4.74. The van der Waals surface area contributed by atoms with Gasteiger partial charge in [-0.2, -0.15) is 5.10 Å². The second kappa shape index (κ2) is 2.47. The number of aromatic amines is 1. The minimum Gasteiger partial charge on any atom is -0.357 e. The molecule has 8 heavy (non-hydrogen) atoms. The molecular formula is C5H10N3+. The number of aromatic nitrogens is 2. The van der Waals surface area contributed by atoms with Crippen molar-refractivity contribution in [1.82, 2.24) is 10.2 Å².